The summed E-state index contributed by atoms with van der Waals surface area (Å²) in [4.78, 5) is 11.7. The second-order valence-electron chi connectivity index (χ2n) is 7.27. The van der Waals surface area contributed by atoms with Gasteiger partial charge in [0.1, 0.15) is 0 Å². The van der Waals surface area contributed by atoms with Crippen molar-refractivity contribution in [1.29, 1.82) is 0 Å². The van der Waals surface area contributed by atoms with Crippen molar-refractivity contribution in [3.8, 4) is 0 Å². The van der Waals surface area contributed by atoms with Crippen molar-refractivity contribution in [2.45, 2.75) is 58.0 Å². The lowest BCUT2D eigenvalue weighted by Gasteiger charge is -2.27. The molecular weight excluding hydrogens is 286 g/mol. The average Bonchev–Trinajstić information content (AvgIpc) is 3.20. The summed E-state index contributed by atoms with van der Waals surface area (Å²) in [6, 6.07) is 9.39. The van der Waals surface area contributed by atoms with Crippen molar-refractivity contribution >= 4 is 17.3 Å². The number of benzene rings is 1. The van der Waals surface area contributed by atoms with E-state index < -0.39 is 0 Å². The summed E-state index contributed by atoms with van der Waals surface area (Å²) >= 11 is 0. The van der Waals surface area contributed by atoms with E-state index in [1.807, 2.05) is 26.0 Å². The third kappa shape index (κ3) is 4.05. The summed E-state index contributed by atoms with van der Waals surface area (Å²) in [6.45, 7) is 4.99. The van der Waals surface area contributed by atoms with Crippen molar-refractivity contribution in [3.63, 3.8) is 0 Å². The first-order chi connectivity index (χ1) is 11.1. The molecule has 3 rings (SSSR count). The Morgan fingerprint density at radius 3 is 2.48 bits per heavy atom. The van der Waals surface area contributed by atoms with Crippen LogP contribution in [0.1, 0.15) is 46.0 Å². The second-order valence-corrected chi connectivity index (χ2v) is 7.27. The van der Waals surface area contributed by atoms with Gasteiger partial charge in [0.05, 0.1) is 0 Å². The zero-order valence-corrected chi connectivity index (χ0v) is 14.3. The molecule has 0 spiro atoms. The molecule has 4 nitrogen and oxygen atoms in total. The fourth-order valence-electron chi connectivity index (χ4n) is 3.88. The number of amides is 1. The number of hydrogen-bond donors (Lipinski definition) is 3. The molecule has 3 unspecified atom stereocenters. The van der Waals surface area contributed by atoms with E-state index in [0.717, 1.165) is 17.3 Å². The molecule has 23 heavy (non-hydrogen) atoms. The minimum atomic E-state index is 0.00552. The van der Waals surface area contributed by atoms with Gasteiger partial charge in [-0.1, -0.05) is 20.3 Å². The van der Waals surface area contributed by atoms with Crippen molar-refractivity contribution in [2.75, 3.05) is 17.2 Å². The van der Waals surface area contributed by atoms with Gasteiger partial charge in [0.15, 0.2) is 0 Å². The molecule has 1 heterocycles. The molecule has 2 aliphatic rings. The predicted molar refractivity (Wildman–Crippen MR) is 95.7 cm³/mol. The number of nitrogens with one attached hydrogen (secondary N) is 3. The van der Waals surface area contributed by atoms with E-state index in [1.54, 1.807) is 0 Å². The Bertz CT molecular complexity index is 520. The molecule has 1 saturated heterocycles. The van der Waals surface area contributed by atoms with Gasteiger partial charge >= 0.3 is 0 Å². The molecule has 1 amide bonds. The lowest BCUT2D eigenvalue weighted by molar-refractivity contribution is -0.118. The van der Waals surface area contributed by atoms with Gasteiger partial charge in [-0.3, -0.25) is 4.79 Å². The molecule has 0 radical (unpaired) electrons. The van der Waals surface area contributed by atoms with Gasteiger partial charge in [0.25, 0.3) is 0 Å². The summed E-state index contributed by atoms with van der Waals surface area (Å²) in [6.07, 6.45) is 6.55. The average molecular weight is 315 g/mol. The molecule has 3 N–H and O–H groups in total. The molecule has 126 valence electrons. The van der Waals surface area contributed by atoms with Gasteiger partial charge in [-0.2, -0.15) is 0 Å². The Morgan fingerprint density at radius 2 is 1.83 bits per heavy atom. The van der Waals surface area contributed by atoms with Crippen LogP contribution < -0.4 is 16.0 Å². The van der Waals surface area contributed by atoms with Crippen LogP contribution >= 0.6 is 0 Å². The first-order valence-corrected chi connectivity index (χ1v) is 9.04. The largest absolute Gasteiger partial charge is 0.382 e. The summed E-state index contributed by atoms with van der Waals surface area (Å²) < 4.78 is 0. The van der Waals surface area contributed by atoms with Crippen LogP contribution in [0.25, 0.3) is 0 Å². The van der Waals surface area contributed by atoms with Crippen molar-refractivity contribution < 1.29 is 4.79 Å². The topological polar surface area (TPSA) is 53.2 Å². The van der Waals surface area contributed by atoms with Gasteiger partial charge in [0, 0.05) is 29.4 Å². The maximum Gasteiger partial charge on any atom is 0.226 e. The minimum Gasteiger partial charge on any atom is -0.382 e. The smallest absolute Gasteiger partial charge is 0.226 e. The first-order valence-electron chi connectivity index (χ1n) is 9.04. The predicted octanol–water partition coefficient (Wildman–Crippen LogP) is 3.61. The number of rotatable bonds is 5. The van der Waals surface area contributed by atoms with Crippen LogP contribution in [0.4, 0.5) is 11.4 Å². The minimum absolute atomic E-state index is 0.00552. The van der Waals surface area contributed by atoms with E-state index >= 15 is 0 Å². The van der Waals surface area contributed by atoms with E-state index in [2.05, 4.69) is 28.1 Å². The Hall–Kier alpha value is -1.55. The van der Waals surface area contributed by atoms with Crippen LogP contribution in [0.3, 0.4) is 0 Å². The molecule has 3 atom stereocenters. The number of hydrogen-bond acceptors (Lipinski definition) is 3. The quantitative estimate of drug-likeness (QED) is 0.778. The van der Waals surface area contributed by atoms with E-state index in [1.165, 1.54) is 38.6 Å². The molecule has 1 aromatic carbocycles. The lowest BCUT2D eigenvalue weighted by Crippen LogP contribution is -2.38. The fourth-order valence-corrected chi connectivity index (χ4v) is 3.88. The highest BCUT2D eigenvalue weighted by atomic mass is 16.1. The molecule has 0 aromatic heterocycles. The van der Waals surface area contributed by atoms with Crippen LogP contribution in [0, 0.1) is 11.8 Å². The zero-order valence-electron chi connectivity index (χ0n) is 14.3. The Kier molecular flexibility index (Phi) is 5.21. The Labute approximate surface area is 139 Å². The number of anilines is 2. The first kappa shape index (κ1) is 16.3. The van der Waals surface area contributed by atoms with Crippen LogP contribution in [-0.4, -0.2) is 24.5 Å². The highest BCUT2D eigenvalue weighted by Gasteiger charge is 2.34. The monoisotopic (exact) mass is 315 g/mol. The van der Waals surface area contributed by atoms with Crippen LogP contribution in [0.2, 0.25) is 0 Å². The molecular formula is C19H29N3O. The van der Waals surface area contributed by atoms with Gasteiger partial charge in [-0.05, 0) is 62.4 Å². The molecule has 0 bridgehead atoms. The molecule has 1 aromatic rings. The van der Waals surface area contributed by atoms with Crippen molar-refractivity contribution in [2.24, 2.45) is 11.8 Å². The molecule has 1 aliphatic heterocycles. The molecule has 4 heteroatoms. The summed E-state index contributed by atoms with van der Waals surface area (Å²) in [5, 5.41) is 10.3. The standard InChI is InChI=1S/C19H29N3O/c1-13(2)19(23)22-15-10-8-14(9-11-15)21-18-6-3-5-16(18)17-7-4-12-20-17/h8-11,13,16-18,20-21H,3-7,12H2,1-2H3,(H,22,23). The van der Waals surface area contributed by atoms with Gasteiger partial charge < -0.3 is 16.0 Å². The van der Waals surface area contributed by atoms with E-state index in [-0.39, 0.29) is 11.8 Å². The summed E-state index contributed by atoms with van der Waals surface area (Å²) in [5.74, 6) is 0.817. The van der Waals surface area contributed by atoms with Crippen molar-refractivity contribution in [3.05, 3.63) is 24.3 Å². The second kappa shape index (κ2) is 7.35. The SMILES string of the molecule is CC(C)C(=O)Nc1ccc(NC2CCCC2C2CCCN2)cc1. The number of carbonyl (C=O) groups excluding carboxylic acids is 1. The van der Waals surface area contributed by atoms with Crippen molar-refractivity contribution in [1.82, 2.24) is 5.32 Å². The Balaban J connectivity index is 1.58. The van der Waals surface area contributed by atoms with Crippen LogP contribution in [-0.2, 0) is 4.79 Å². The van der Waals surface area contributed by atoms with Gasteiger partial charge in [-0.15, -0.1) is 0 Å². The number of carbonyl (C=O) groups is 1. The third-order valence-electron chi connectivity index (χ3n) is 5.21. The van der Waals surface area contributed by atoms with Crippen LogP contribution in [0.5, 0.6) is 0 Å². The Morgan fingerprint density at radius 1 is 1.09 bits per heavy atom. The molecule has 1 saturated carbocycles. The summed E-state index contributed by atoms with van der Waals surface area (Å²) in [5.41, 5.74) is 2.03. The highest BCUT2D eigenvalue weighted by Crippen LogP contribution is 2.34. The summed E-state index contributed by atoms with van der Waals surface area (Å²) in [7, 11) is 0. The maximum atomic E-state index is 11.7. The fraction of sp³-hybridized carbons (Fsp3) is 0.632. The van der Waals surface area contributed by atoms with E-state index in [4.69, 9.17) is 0 Å². The van der Waals surface area contributed by atoms with Gasteiger partial charge in [-0.25, -0.2) is 0 Å². The van der Waals surface area contributed by atoms with E-state index in [0.29, 0.717) is 12.1 Å². The highest BCUT2D eigenvalue weighted by molar-refractivity contribution is 5.92. The van der Waals surface area contributed by atoms with Gasteiger partial charge in [0.2, 0.25) is 5.91 Å². The normalized spacial score (nSPS) is 27.3. The maximum absolute atomic E-state index is 11.7. The third-order valence-corrected chi connectivity index (χ3v) is 5.21. The van der Waals surface area contributed by atoms with Crippen LogP contribution in [0.15, 0.2) is 24.3 Å². The molecule has 1 aliphatic carbocycles. The lowest BCUT2D eigenvalue weighted by atomic mass is 9.93. The van der Waals surface area contributed by atoms with E-state index in [9.17, 15) is 4.79 Å². The molecule has 2 fully saturated rings. The zero-order chi connectivity index (χ0) is 16.2.